The van der Waals surface area contributed by atoms with Crippen molar-refractivity contribution in [1.82, 2.24) is 0 Å². The Hall–Kier alpha value is -0.210. The van der Waals surface area contributed by atoms with Crippen LogP contribution in [0.4, 0.5) is 0 Å². The largest absolute Gasteiger partial charge is 0.275 e. The second kappa shape index (κ2) is 5.04. The predicted octanol–water partition coefficient (Wildman–Crippen LogP) is 4.25. The van der Waals surface area contributed by atoms with Crippen LogP contribution in [0, 0.1) is 0 Å². The Bertz CT molecular complexity index is 394. The lowest BCUT2D eigenvalue weighted by atomic mass is 10.1. The van der Waals surface area contributed by atoms with Gasteiger partial charge in [-0.25, -0.2) is 0 Å². The van der Waals surface area contributed by atoms with Crippen molar-refractivity contribution >= 4 is 57.2 Å². The van der Waals surface area contributed by atoms with Gasteiger partial charge in [-0.15, -0.1) is 0 Å². The fourth-order valence-corrected chi connectivity index (χ4v) is 1.82. The first-order chi connectivity index (χ1) is 6.52. The average molecular weight is 270 g/mol. The van der Waals surface area contributed by atoms with Crippen LogP contribution in [0.15, 0.2) is 28.8 Å². The van der Waals surface area contributed by atoms with Gasteiger partial charge in [-0.05, 0) is 29.3 Å². The Morgan fingerprint density at radius 1 is 1.14 bits per heavy atom. The Morgan fingerprint density at radius 2 is 1.79 bits per heavy atom. The zero-order chi connectivity index (χ0) is 10.7. The van der Waals surface area contributed by atoms with Gasteiger partial charge in [0.1, 0.15) is 4.49 Å². The molecule has 74 valence electrons. The summed E-state index contributed by atoms with van der Waals surface area (Å²) in [7, 11) is 0. The predicted molar refractivity (Wildman–Crippen MR) is 60.9 cm³/mol. The third-order valence-electron chi connectivity index (χ3n) is 1.50. The molecule has 0 unspecified atom stereocenters. The monoisotopic (exact) mass is 268 g/mol. The SMILES string of the molecule is O=C(Cl)C(=C(Cl)Cl)c1cccc(Cl)c1. The fourth-order valence-electron chi connectivity index (χ4n) is 0.941. The molecule has 0 spiro atoms. The minimum Gasteiger partial charge on any atom is -0.275 e. The maximum absolute atomic E-state index is 11.0. The maximum Gasteiger partial charge on any atom is 0.255 e. The van der Waals surface area contributed by atoms with E-state index < -0.39 is 5.24 Å². The van der Waals surface area contributed by atoms with Gasteiger partial charge in [0.05, 0.1) is 5.57 Å². The first-order valence-corrected chi connectivity index (χ1v) is 5.04. The van der Waals surface area contributed by atoms with E-state index in [1.807, 2.05) is 0 Å². The molecule has 1 nitrogen and oxygen atoms in total. The van der Waals surface area contributed by atoms with Gasteiger partial charge in [0.15, 0.2) is 0 Å². The third-order valence-corrected chi connectivity index (χ3v) is 2.30. The number of hydrogen-bond donors (Lipinski definition) is 0. The van der Waals surface area contributed by atoms with Crippen LogP contribution in [0.25, 0.3) is 5.57 Å². The topological polar surface area (TPSA) is 17.1 Å². The van der Waals surface area contributed by atoms with Gasteiger partial charge in [0.25, 0.3) is 5.24 Å². The van der Waals surface area contributed by atoms with Gasteiger partial charge in [-0.3, -0.25) is 4.79 Å². The number of rotatable bonds is 2. The first-order valence-electron chi connectivity index (χ1n) is 3.53. The standard InChI is InChI=1S/C9H4Cl4O/c10-6-3-1-2-5(4-6)7(8(11)12)9(13)14/h1-4H. The summed E-state index contributed by atoms with van der Waals surface area (Å²) in [6, 6.07) is 6.55. The molecule has 0 bridgehead atoms. The van der Waals surface area contributed by atoms with Gasteiger partial charge in [0, 0.05) is 5.02 Å². The summed E-state index contributed by atoms with van der Waals surface area (Å²) in [5.74, 6) is 0. The number of halogens is 4. The van der Waals surface area contributed by atoms with Crippen LogP contribution in [-0.4, -0.2) is 5.24 Å². The van der Waals surface area contributed by atoms with E-state index in [0.717, 1.165) is 0 Å². The molecular weight excluding hydrogens is 266 g/mol. The Balaban J connectivity index is 3.27. The van der Waals surface area contributed by atoms with E-state index in [1.165, 1.54) is 0 Å². The molecule has 5 heteroatoms. The molecule has 0 aliphatic carbocycles. The summed E-state index contributed by atoms with van der Waals surface area (Å²) >= 11 is 22.1. The molecule has 0 aliphatic rings. The van der Waals surface area contributed by atoms with E-state index in [4.69, 9.17) is 46.4 Å². The highest BCUT2D eigenvalue weighted by atomic mass is 35.5. The molecule has 0 amide bonds. The molecule has 0 N–H and O–H groups in total. The van der Waals surface area contributed by atoms with Crippen molar-refractivity contribution in [3.63, 3.8) is 0 Å². The summed E-state index contributed by atoms with van der Waals surface area (Å²) < 4.78 is -0.174. The zero-order valence-electron chi connectivity index (χ0n) is 6.73. The Kier molecular flexibility index (Phi) is 4.27. The van der Waals surface area contributed by atoms with Crippen LogP contribution in [0.1, 0.15) is 5.56 Å². The molecule has 0 atom stereocenters. The van der Waals surface area contributed by atoms with Gasteiger partial charge in [-0.2, -0.15) is 0 Å². The Morgan fingerprint density at radius 3 is 2.21 bits per heavy atom. The third kappa shape index (κ3) is 2.89. The van der Waals surface area contributed by atoms with Crippen LogP contribution in [0.2, 0.25) is 5.02 Å². The van der Waals surface area contributed by atoms with Crippen LogP contribution < -0.4 is 0 Å². The number of carbonyl (C=O) groups is 1. The van der Waals surface area contributed by atoms with Crippen molar-refractivity contribution in [2.45, 2.75) is 0 Å². The van der Waals surface area contributed by atoms with Crippen molar-refractivity contribution in [2.75, 3.05) is 0 Å². The van der Waals surface area contributed by atoms with E-state index in [1.54, 1.807) is 24.3 Å². The van der Waals surface area contributed by atoms with Gasteiger partial charge >= 0.3 is 0 Å². The minimum absolute atomic E-state index is 0.0532. The van der Waals surface area contributed by atoms with Gasteiger partial charge < -0.3 is 0 Å². The maximum atomic E-state index is 11.0. The molecule has 14 heavy (non-hydrogen) atoms. The molecule has 1 aromatic carbocycles. The molecule has 0 saturated heterocycles. The molecule has 0 aromatic heterocycles. The first kappa shape index (κ1) is 11.9. The summed E-state index contributed by atoms with van der Waals surface area (Å²) in [4.78, 5) is 11.0. The molecule has 0 aliphatic heterocycles. The Labute approximate surface area is 101 Å². The highest BCUT2D eigenvalue weighted by Crippen LogP contribution is 2.27. The van der Waals surface area contributed by atoms with Gasteiger partial charge in [0.2, 0.25) is 0 Å². The average Bonchev–Trinajstić information content (AvgIpc) is 2.02. The van der Waals surface area contributed by atoms with E-state index >= 15 is 0 Å². The molecule has 1 rings (SSSR count). The number of hydrogen-bond acceptors (Lipinski definition) is 1. The van der Waals surface area contributed by atoms with Crippen LogP contribution in [-0.2, 0) is 4.79 Å². The summed E-state index contributed by atoms with van der Waals surface area (Å²) in [6.07, 6.45) is 0. The smallest absolute Gasteiger partial charge is 0.255 e. The molecule has 1 aromatic rings. The quantitative estimate of drug-likeness (QED) is 0.579. The zero-order valence-corrected chi connectivity index (χ0v) is 9.75. The number of allylic oxidation sites excluding steroid dienone is 1. The minimum atomic E-state index is -0.715. The normalized spacial score (nSPS) is 9.71. The van der Waals surface area contributed by atoms with Crippen molar-refractivity contribution in [3.05, 3.63) is 39.3 Å². The highest BCUT2D eigenvalue weighted by molar-refractivity contribution is 6.78. The molecule has 0 fully saturated rings. The van der Waals surface area contributed by atoms with Crippen LogP contribution in [0.5, 0.6) is 0 Å². The lowest BCUT2D eigenvalue weighted by Gasteiger charge is -2.02. The van der Waals surface area contributed by atoms with Crippen LogP contribution >= 0.6 is 46.4 Å². The second-order valence-electron chi connectivity index (χ2n) is 2.42. The molecule has 0 radical (unpaired) electrons. The van der Waals surface area contributed by atoms with E-state index in [9.17, 15) is 4.79 Å². The second-order valence-corrected chi connectivity index (χ2v) is 4.15. The number of carbonyl (C=O) groups excluding carboxylic acids is 1. The molecule has 0 saturated carbocycles. The van der Waals surface area contributed by atoms with E-state index in [-0.39, 0.29) is 10.1 Å². The van der Waals surface area contributed by atoms with Crippen molar-refractivity contribution in [1.29, 1.82) is 0 Å². The lowest BCUT2D eigenvalue weighted by molar-refractivity contribution is -0.106. The summed E-state index contributed by atoms with van der Waals surface area (Å²) in [6.45, 7) is 0. The molecule has 0 heterocycles. The van der Waals surface area contributed by atoms with E-state index in [2.05, 4.69) is 0 Å². The van der Waals surface area contributed by atoms with Crippen molar-refractivity contribution in [2.24, 2.45) is 0 Å². The highest BCUT2D eigenvalue weighted by Gasteiger charge is 2.13. The summed E-state index contributed by atoms with van der Waals surface area (Å²) in [5.41, 5.74) is 0.551. The molecular formula is C9H4Cl4O. The lowest BCUT2D eigenvalue weighted by Crippen LogP contribution is -1.93. The van der Waals surface area contributed by atoms with Crippen molar-refractivity contribution < 1.29 is 4.79 Å². The van der Waals surface area contributed by atoms with Crippen molar-refractivity contribution in [3.8, 4) is 0 Å². The number of benzene rings is 1. The van der Waals surface area contributed by atoms with Crippen LogP contribution in [0.3, 0.4) is 0 Å². The summed E-state index contributed by atoms with van der Waals surface area (Å²) in [5, 5.41) is -0.236. The van der Waals surface area contributed by atoms with E-state index in [0.29, 0.717) is 10.6 Å². The fraction of sp³-hybridized carbons (Fsp3) is 0. The van der Waals surface area contributed by atoms with Gasteiger partial charge in [-0.1, -0.05) is 46.9 Å².